The van der Waals surface area contributed by atoms with E-state index in [-0.39, 0.29) is 11.3 Å². The minimum absolute atomic E-state index is 0.0851. The predicted octanol–water partition coefficient (Wildman–Crippen LogP) is 4.39. The van der Waals surface area contributed by atoms with Crippen LogP contribution in [0.2, 0.25) is 0 Å². The molecule has 3 aromatic rings. The molecular weight excluding hydrogens is 334 g/mol. The molecule has 1 N–H and O–H groups in total. The number of nitrogens with zero attached hydrogens (tertiary/aromatic N) is 2. The van der Waals surface area contributed by atoms with Crippen molar-refractivity contribution in [1.29, 1.82) is 0 Å². The molecule has 0 unspecified atom stereocenters. The number of nitrogens with one attached hydrogen (secondary N) is 1. The molecule has 0 spiro atoms. The van der Waals surface area contributed by atoms with E-state index in [2.05, 4.69) is 34.8 Å². The van der Waals surface area contributed by atoms with Gasteiger partial charge in [-0.2, -0.15) is 8.75 Å². The van der Waals surface area contributed by atoms with E-state index in [4.69, 9.17) is 4.74 Å². The van der Waals surface area contributed by atoms with Crippen molar-refractivity contribution in [2.75, 3.05) is 5.32 Å². The summed E-state index contributed by atoms with van der Waals surface area (Å²) < 4.78 is 14.2. The highest BCUT2D eigenvalue weighted by Crippen LogP contribution is 2.25. The first kappa shape index (κ1) is 17.4. The van der Waals surface area contributed by atoms with Gasteiger partial charge in [0.25, 0.3) is 5.91 Å². The molecule has 0 saturated carbocycles. The maximum Gasteiger partial charge on any atom is 0.265 e. The normalized spacial score (nSPS) is 12.8. The van der Waals surface area contributed by atoms with E-state index in [0.717, 1.165) is 17.2 Å². The van der Waals surface area contributed by atoms with Crippen LogP contribution in [0.5, 0.6) is 5.75 Å². The van der Waals surface area contributed by atoms with Gasteiger partial charge in [-0.05, 0) is 42.2 Å². The van der Waals surface area contributed by atoms with E-state index in [0.29, 0.717) is 17.0 Å². The molecule has 6 heteroatoms. The molecule has 25 heavy (non-hydrogen) atoms. The fourth-order valence-electron chi connectivity index (χ4n) is 2.43. The second-order valence-corrected chi connectivity index (χ2v) is 7.49. The van der Waals surface area contributed by atoms with Crippen LogP contribution in [0, 0.1) is 0 Å². The number of rotatable bonds is 4. The highest BCUT2D eigenvalue weighted by atomic mass is 32.1. The molecule has 1 aromatic heterocycles. The Hall–Kier alpha value is -2.47. The van der Waals surface area contributed by atoms with Crippen molar-refractivity contribution in [3.8, 4) is 5.75 Å². The summed E-state index contributed by atoms with van der Waals surface area (Å²) in [5.41, 5.74) is 3.42. The van der Waals surface area contributed by atoms with Crippen LogP contribution in [0.15, 0.2) is 42.5 Å². The minimum Gasteiger partial charge on any atom is -0.481 e. The lowest BCUT2D eigenvalue weighted by Crippen LogP contribution is -2.30. The van der Waals surface area contributed by atoms with Crippen LogP contribution in [-0.4, -0.2) is 20.8 Å². The van der Waals surface area contributed by atoms with Crippen LogP contribution in [-0.2, 0) is 10.2 Å². The molecule has 0 aliphatic rings. The molecule has 0 aliphatic heterocycles. The first-order valence-electron chi connectivity index (χ1n) is 8.14. The van der Waals surface area contributed by atoms with Gasteiger partial charge in [0, 0.05) is 0 Å². The molecule has 0 fully saturated rings. The molecule has 0 saturated heterocycles. The van der Waals surface area contributed by atoms with Crippen LogP contribution in [0.25, 0.3) is 11.0 Å². The summed E-state index contributed by atoms with van der Waals surface area (Å²) in [5, 5.41) is 2.87. The van der Waals surface area contributed by atoms with Crippen LogP contribution >= 0.6 is 11.7 Å². The summed E-state index contributed by atoms with van der Waals surface area (Å²) in [7, 11) is 0. The van der Waals surface area contributed by atoms with Gasteiger partial charge < -0.3 is 10.1 Å². The Bertz CT molecular complexity index is 882. The summed E-state index contributed by atoms with van der Waals surface area (Å²) in [5.74, 6) is 0.449. The number of carbonyl (C=O) groups is 1. The number of fused-ring (bicyclic) bond motifs is 1. The lowest BCUT2D eigenvalue weighted by Gasteiger charge is -2.20. The van der Waals surface area contributed by atoms with Gasteiger partial charge in [0.1, 0.15) is 16.8 Å². The molecule has 1 amide bonds. The third-order valence-corrected chi connectivity index (χ3v) is 4.49. The molecule has 5 nitrogen and oxygen atoms in total. The number of hydrogen-bond acceptors (Lipinski definition) is 5. The van der Waals surface area contributed by atoms with Gasteiger partial charge in [0.15, 0.2) is 6.10 Å². The van der Waals surface area contributed by atoms with E-state index in [1.165, 1.54) is 5.56 Å². The Balaban J connectivity index is 1.67. The van der Waals surface area contributed by atoms with E-state index >= 15 is 0 Å². The van der Waals surface area contributed by atoms with Crippen LogP contribution in [0.4, 0.5) is 5.69 Å². The second kappa shape index (κ2) is 6.80. The second-order valence-electron chi connectivity index (χ2n) is 6.96. The largest absolute Gasteiger partial charge is 0.481 e. The van der Waals surface area contributed by atoms with Crippen molar-refractivity contribution in [3.05, 3.63) is 48.0 Å². The monoisotopic (exact) mass is 355 g/mol. The Kier molecular flexibility index (Phi) is 4.72. The van der Waals surface area contributed by atoms with Gasteiger partial charge in [-0.3, -0.25) is 4.79 Å². The van der Waals surface area contributed by atoms with Gasteiger partial charge in [-0.1, -0.05) is 39.0 Å². The van der Waals surface area contributed by atoms with Crippen molar-refractivity contribution >= 4 is 34.4 Å². The quantitative estimate of drug-likeness (QED) is 0.753. The number of amides is 1. The molecule has 130 valence electrons. The molecule has 2 aromatic carbocycles. The van der Waals surface area contributed by atoms with Crippen molar-refractivity contribution < 1.29 is 9.53 Å². The lowest BCUT2D eigenvalue weighted by atomic mass is 9.87. The fourth-order valence-corrected chi connectivity index (χ4v) is 2.98. The highest BCUT2D eigenvalue weighted by molar-refractivity contribution is 7.00. The molecule has 0 bridgehead atoms. The van der Waals surface area contributed by atoms with E-state index < -0.39 is 6.10 Å². The third-order valence-electron chi connectivity index (χ3n) is 3.95. The van der Waals surface area contributed by atoms with Crippen molar-refractivity contribution in [1.82, 2.24) is 8.75 Å². The van der Waals surface area contributed by atoms with Gasteiger partial charge in [-0.25, -0.2) is 0 Å². The smallest absolute Gasteiger partial charge is 0.265 e. The lowest BCUT2D eigenvalue weighted by molar-refractivity contribution is -0.122. The highest BCUT2D eigenvalue weighted by Gasteiger charge is 2.18. The van der Waals surface area contributed by atoms with E-state index in [1.54, 1.807) is 6.92 Å². The number of anilines is 1. The number of benzene rings is 2. The first-order chi connectivity index (χ1) is 11.8. The Morgan fingerprint density at radius 1 is 1.12 bits per heavy atom. The predicted molar refractivity (Wildman–Crippen MR) is 101 cm³/mol. The number of carbonyl (C=O) groups excluding carboxylic acids is 1. The van der Waals surface area contributed by atoms with E-state index in [1.807, 2.05) is 42.5 Å². The minimum atomic E-state index is -0.623. The van der Waals surface area contributed by atoms with Crippen LogP contribution < -0.4 is 10.1 Å². The topological polar surface area (TPSA) is 64.1 Å². The molecule has 0 aliphatic carbocycles. The van der Waals surface area contributed by atoms with Crippen molar-refractivity contribution in [3.63, 3.8) is 0 Å². The molecule has 1 heterocycles. The van der Waals surface area contributed by atoms with Gasteiger partial charge >= 0.3 is 0 Å². The zero-order valence-corrected chi connectivity index (χ0v) is 15.6. The molecule has 3 rings (SSSR count). The average molecular weight is 355 g/mol. The van der Waals surface area contributed by atoms with Crippen LogP contribution in [0.3, 0.4) is 0 Å². The summed E-state index contributed by atoms with van der Waals surface area (Å²) in [6.45, 7) is 8.21. The summed E-state index contributed by atoms with van der Waals surface area (Å²) >= 11 is 1.13. The average Bonchev–Trinajstić information content (AvgIpc) is 3.04. The Morgan fingerprint density at radius 3 is 2.52 bits per heavy atom. The zero-order valence-electron chi connectivity index (χ0n) is 14.7. The summed E-state index contributed by atoms with van der Waals surface area (Å²) in [6.07, 6.45) is -0.623. The van der Waals surface area contributed by atoms with E-state index in [9.17, 15) is 4.79 Å². The SMILES string of the molecule is C[C@H](Oc1ccc(C(C)(C)C)cc1)C(=O)Nc1cccc2nsnc12. The van der Waals surface area contributed by atoms with Gasteiger partial charge in [0.05, 0.1) is 17.4 Å². The summed E-state index contributed by atoms with van der Waals surface area (Å²) in [4.78, 5) is 12.4. The number of ether oxygens (including phenoxy) is 1. The zero-order chi connectivity index (χ0) is 18.0. The maximum atomic E-state index is 12.4. The van der Waals surface area contributed by atoms with Crippen molar-refractivity contribution in [2.45, 2.75) is 39.2 Å². The number of hydrogen-bond donors (Lipinski definition) is 1. The molecular formula is C19H21N3O2S. The standard InChI is InChI=1S/C19H21N3O2S/c1-12(24-14-10-8-13(9-11-14)19(2,3)4)18(23)20-15-6-5-7-16-17(15)22-25-21-16/h5-12H,1-4H3,(H,20,23)/t12-/m0/s1. The van der Waals surface area contributed by atoms with Crippen molar-refractivity contribution in [2.24, 2.45) is 0 Å². The molecule has 1 atom stereocenters. The first-order valence-corrected chi connectivity index (χ1v) is 8.87. The number of aromatic nitrogens is 2. The summed E-state index contributed by atoms with van der Waals surface area (Å²) in [6, 6.07) is 13.4. The van der Waals surface area contributed by atoms with Gasteiger partial charge in [0.2, 0.25) is 0 Å². The van der Waals surface area contributed by atoms with Crippen LogP contribution in [0.1, 0.15) is 33.3 Å². The Labute approximate surface area is 151 Å². The van der Waals surface area contributed by atoms with Gasteiger partial charge in [-0.15, -0.1) is 0 Å². The third kappa shape index (κ3) is 3.96. The maximum absolute atomic E-state index is 12.4. The fraction of sp³-hybridized carbons (Fsp3) is 0.316. The molecule has 0 radical (unpaired) electrons. The Morgan fingerprint density at radius 2 is 1.84 bits per heavy atom.